The molecule has 0 aliphatic heterocycles. The van der Waals surface area contributed by atoms with Gasteiger partial charge in [-0.05, 0) is 48.7 Å². The first-order valence-corrected chi connectivity index (χ1v) is 12.5. The fourth-order valence-electron chi connectivity index (χ4n) is 3.80. The number of benzene rings is 2. The number of hydrogen-bond acceptors (Lipinski definition) is 5. The van der Waals surface area contributed by atoms with Crippen LogP contribution in [0.4, 0.5) is 5.69 Å². The van der Waals surface area contributed by atoms with Crippen molar-refractivity contribution in [3.63, 3.8) is 0 Å². The molecule has 0 unspecified atom stereocenters. The van der Waals surface area contributed by atoms with Crippen LogP contribution >= 0.6 is 46.3 Å². The Bertz CT molecular complexity index is 1140. The van der Waals surface area contributed by atoms with E-state index in [-0.39, 0.29) is 5.91 Å². The summed E-state index contributed by atoms with van der Waals surface area (Å²) in [5, 5.41) is 13.6. The molecule has 1 fully saturated rings. The second-order valence-electron chi connectivity index (χ2n) is 7.51. The number of amides is 1. The number of carbonyl (C=O) groups is 2. The maximum Gasteiger partial charge on any atom is 0.307 e. The van der Waals surface area contributed by atoms with Gasteiger partial charge >= 0.3 is 5.97 Å². The first kappa shape index (κ1) is 22.4. The predicted octanol–water partition coefficient (Wildman–Crippen LogP) is 6.72. The van der Waals surface area contributed by atoms with Gasteiger partial charge in [-0.1, -0.05) is 53.9 Å². The lowest BCUT2D eigenvalue weighted by Gasteiger charge is -2.27. The summed E-state index contributed by atoms with van der Waals surface area (Å²) in [6, 6.07) is 11.0. The minimum absolute atomic E-state index is 0.219. The SMILES string of the molecule is O=C(Nc1ccc2nc(SCc3ccc(Cl)cc3Cl)sc2c1)[C@H]1CCCC[C@H]1C(=O)O. The minimum atomic E-state index is -0.889. The van der Waals surface area contributed by atoms with Gasteiger partial charge in [0.2, 0.25) is 5.91 Å². The number of thiazole rings is 1. The summed E-state index contributed by atoms with van der Waals surface area (Å²) in [6.07, 6.45) is 2.91. The second-order valence-corrected chi connectivity index (χ2v) is 10.6. The largest absolute Gasteiger partial charge is 0.481 e. The number of carboxylic acid groups (broad SMARTS) is 1. The molecule has 2 atom stereocenters. The van der Waals surface area contributed by atoms with Crippen molar-refractivity contribution in [1.82, 2.24) is 4.98 Å². The average Bonchev–Trinajstić information content (AvgIpc) is 3.15. The van der Waals surface area contributed by atoms with Crippen molar-refractivity contribution < 1.29 is 14.7 Å². The summed E-state index contributed by atoms with van der Waals surface area (Å²) in [7, 11) is 0. The van der Waals surface area contributed by atoms with Gasteiger partial charge in [0.05, 0.1) is 22.1 Å². The summed E-state index contributed by atoms with van der Waals surface area (Å²) in [4.78, 5) is 28.9. The third-order valence-electron chi connectivity index (χ3n) is 5.42. The minimum Gasteiger partial charge on any atom is -0.481 e. The van der Waals surface area contributed by atoms with E-state index >= 15 is 0 Å². The van der Waals surface area contributed by atoms with E-state index in [1.165, 1.54) is 0 Å². The van der Waals surface area contributed by atoms with E-state index in [1.54, 1.807) is 29.2 Å². The Balaban J connectivity index is 1.44. The van der Waals surface area contributed by atoms with E-state index in [0.717, 1.165) is 33.0 Å². The van der Waals surface area contributed by atoms with E-state index in [2.05, 4.69) is 10.3 Å². The lowest BCUT2D eigenvalue weighted by molar-refractivity contribution is -0.147. The van der Waals surface area contributed by atoms with Crippen molar-refractivity contribution in [2.75, 3.05) is 5.32 Å². The van der Waals surface area contributed by atoms with Gasteiger partial charge in [-0.15, -0.1) is 11.3 Å². The van der Waals surface area contributed by atoms with Crippen LogP contribution in [-0.2, 0) is 15.3 Å². The Labute approximate surface area is 198 Å². The predicted molar refractivity (Wildman–Crippen MR) is 127 cm³/mol. The molecule has 0 spiro atoms. The molecule has 3 aromatic rings. The highest BCUT2D eigenvalue weighted by atomic mass is 35.5. The van der Waals surface area contributed by atoms with Crippen molar-refractivity contribution in [1.29, 1.82) is 0 Å². The number of hydrogen-bond donors (Lipinski definition) is 2. The number of fused-ring (bicyclic) bond motifs is 1. The molecule has 31 heavy (non-hydrogen) atoms. The molecule has 1 aromatic heterocycles. The molecule has 9 heteroatoms. The van der Waals surface area contributed by atoms with Crippen LogP contribution in [0.1, 0.15) is 31.2 Å². The van der Waals surface area contributed by atoms with Crippen LogP contribution in [-0.4, -0.2) is 22.0 Å². The third kappa shape index (κ3) is 5.34. The van der Waals surface area contributed by atoms with Gasteiger partial charge in [-0.2, -0.15) is 0 Å². The van der Waals surface area contributed by atoms with Crippen molar-refractivity contribution in [2.45, 2.75) is 35.8 Å². The van der Waals surface area contributed by atoms with E-state index in [0.29, 0.717) is 34.3 Å². The van der Waals surface area contributed by atoms with Crippen LogP contribution in [0.15, 0.2) is 40.7 Å². The molecule has 1 aliphatic rings. The molecule has 1 saturated carbocycles. The fraction of sp³-hybridized carbons (Fsp3) is 0.318. The Morgan fingerprint density at radius 2 is 1.90 bits per heavy atom. The quantitative estimate of drug-likeness (QED) is 0.371. The van der Waals surface area contributed by atoms with Crippen LogP contribution in [0.3, 0.4) is 0 Å². The molecule has 0 radical (unpaired) electrons. The molecule has 2 N–H and O–H groups in total. The molecular formula is C22H20Cl2N2O3S2. The van der Waals surface area contributed by atoms with E-state index in [9.17, 15) is 14.7 Å². The maximum absolute atomic E-state index is 12.7. The van der Waals surface area contributed by atoms with Crippen LogP contribution in [0, 0.1) is 11.8 Å². The Morgan fingerprint density at radius 1 is 1.13 bits per heavy atom. The van der Waals surface area contributed by atoms with Gasteiger partial charge < -0.3 is 10.4 Å². The molecule has 1 aliphatic carbocycles. The Hall–Kier alpha value is -1.80. The number of carbonyl (C=O) groups excluding carboxylic acids is 1. The van der Waals surface area contributed by atoms with Gasteiger partial charge in [0.15, 0.2) is 4.34 Å². The summed E-state index contributed by atoms with van der Waals surface area (Å²) in [5.74, 6) is -1.53. The standard InChI is InChI=1S/C22H20Cl2N2O3S2/c23-13-6-5-12(17(24)9-13)11-30-22-26-18-8-7-14(10-19(18)31-22)25-20(27)15-3-1-2-4-16(15)21(28)29/h5-10,15-16H,1-4,11H2,(H,25,27)(H,28,29)/t15-,16+/m0/s1. The molecule has 1 heterocycles. The summed E-state index contributed by atoms with van der Waals surface area (Å²) >= 11 is 15.3. The van der Waals surface area contributed by atoms with Crippen molar-refractivity contribution >= 4 is 74.1 Å². The number of thioether (sulfide) groups is 1. The van der Waals surface area contributed by atoms with E-state index in [1.807, 2.05) is 30.3 Å². The molecule has 1 amide bonds. The van der Waals surface area contributed by atoms with Crippen LogP contribution < -0.4 is 5.32 Å². The zero-order valence-electron chi connectivity index (χ0n) is 16.4. The first-order chi connectivity index (χ1) is 14.9. The van der Waals surface area contributed by atoms with Gasteiger partial charge in [0, 0.05) is 21.5 Å². The highest BCUT2D eigenvalue weighted by Crippen LogP contribution is 2.35. The van der Waals surface area contributed by atoms with E-state index < -0.39 is 17.8 Å². The van der Waals surface area contributed by atoms with Gasteiger partial charge in [-0.3, -0.25) is 9.59 Å². The topological polar surface area (TPSA) is 79.3 Å². The zero-order chi connectivity index (χ0) is 22.0. The number of nitrogens with one attached hydrogen (secondary N) is 1. The second kappa shape index (κ2) is 9.77. The Morgan fingerprint density at radius 3 is 2.65 bits per heavy atom. The number of aromatic nitrogens is 1. The lowest BCUT2D eigenvalue weighted by Crippen LogP contribution is -2.36. The smallest absolute Gasteiger partial charge is 0.307 e. The number of anilines is 1. The molecular weight excluding hydrogens is 475 g/mol. The molecule has 0 bridgehead atoms. The number of nitrogens with zero attached hydrogens (tertiary/aromatic N) is 1. The average molecular weight is 495 g/mol. The highest BCUT2D eigenvalue weighted by Gasteiger charge is 2.35. The van der Waals surface area contributed by atoms with Crippen molar-refractivity contribution in [3.8, 4) is 0 Å². The number of rotatable bonds is 6. The molecule has 162 valence electrons. The summed E-state index contributed by atoms with van der Waals surface area (Å²) in [6.45, 7) is 0. The summed E-state index contributed by atoms with van der Waals surface area (Å²) < 4.78 is 1.86. The van der Waals surface area contributed by atoms with Crippen LogP contribution in [0.25, 0.3) is 10.2 Å². The molecule has 2 aromatic carbocycles. The normalized spacial score (nSPS) is 18.8. The van der Waals surface area contributed by atoms with Crippen molar-refractivity contribution in [2.24, 2.45) is 11.8 Å². The number of carboxylic acids is 1. The maximum atomic E-state index is 12.7. The fourth-order valence-corrected chi connectivity index (χ4v) is 6.46. The third-order valence-corrected chi connectivity index (χ3v) is 8.22. The molecule has 4 rings (SSSR count). The number of aliphatic carboxylic acids is 1. The van der Waals surface area contributed by atoms with Crippen molar-refractivity contribution in [3.05, 3.63) is 52.0 Å². The van der Waals surface area contributed by atoms with Gasteiger partial charge in [0.1, 0.15) is 0 Å². The molecule has 5 nitrogen and oxygen atoms in total. The molecule has 0 saturated heterocycles. The monoisotopic (exact) mass is 494 g/mol. The Kier molecular flexibility index (Phi) is 7.06. The zero-order valence-corrected chi connectivity index (χ0v) is 19.6. The highest BCUT2D eigenvalue weighted by molar-refractivity contribution is 8.00. The lowest BCUT2D eigenvalue weighted by atomic mass is 9.78. The van der Waals surface area contributed by atoms with Crippen LogP contribution in [0.5, 0.6) is 0 Å². The van der Waals surface area contributed by atoms with Gasteiger partial charge in [-0.25, -0.2) is 4.98 Å². The van der Waals surface area contributed by atoms with Crippen LogP contribution in [0.2, 0.25) is 10.0 Å². The summed E-state index contributed by atoms with van der Waals surface area (Å²) in [5.41, 5.74) is 2.51. The van der Waals surface area contributed by atoms with E-state index in [4.69, 9.17) is 23.2 Å². The number of halogens is 2. The van der Waals surface area contributed by atoms with Gasteiger partial charge in [0.25, 0.3) is 0 Å². The first-order valence-electron chi connectivity index (χ1n) is 9.91.